The van der Waals surface area contributed by atoms with Crippen LogP contribution in [0.3, 0.4) is 0 Å². The summed E-state index contributed by atoms with van der Waals surface area (Å²) in [5.74, 6) is -0.322. The minimum atomic E-state index is -4.66. The molecule has 3 aromatic rings. The Balaban J connectivity index is 1.87. The smallest absolute Gasteiger partial charge is 0.375 e. The quantitative estimate of drug-likeness (QED) is 0.675. The fourth-order valence-corrected chi connectivity index (χ4v) is 2.55. The van der Waals surface area contributed by atoms with Gasteiger partial charge in [0.1, 0.15) is 17.8 Å². The van der Waals surface area contributed by atoms with Gasteiger partial charge in [0, 0.05) is 19.2 Å². The minimum Gasteiger partial charge on any atom is -0.375 e. The van der Waals surface area contributed by atoms with Crippen molar-refractivity contribution in [2.45, 2.75) is 19.2 Å². The van der Waals surface area contributed by atoms with Crippen LogP contribution in [0.5, 0.6) is 0 Å². The highest BCUT2D eigenvalue weighted by Crippen LogP contribution is 2.29. The first kappa shape index (κ1) is 19.8. The molecule has 0 aliphatic heterocycles. The van der Waals surface area contributed by atoms with E-state index in [0.717, 1.165) is 0 Å². The maximum absolute atomic E-state index is 12.7. The molecule has 0 saturated carbocycles. The summed E-state index contributed by atoms with van der Waals surface area (Å²) < 4.78 is 44.9. The Morgan fingerprint density at radius 1 is 1.25 bits per heavy atom. The molecule has 1 atom stereocenters. The normalized spacial score (nSPS) is 12.8. The Labute approximate surface area is 160 Å². The van der Waals surface area contributed by atoms with Crippen LogP contribution in [-0.4, -0.2) is 37.7 Å². The Bertz CT molecular complexity index is 1020. The van der Waals surface area contributed by atoms with Gasteiger partial charge in [-0.15, -0.1) is 0 Å². The highest BCUT2D eigenvalue weighted by molar-refractivity contribution is 6.29. The predicted molar refractivity (Wildman–Crippen MR) is 93.1 cm³/mol. The molecule has 0 saturated heterocycles. The number of hydrogen-bond donors (Lipinski definition) is 2. The van der Waals surface area contributed by atoms with Crippen molar-refractivity contribution >= 4 is 34.8 Å². The van der Waals surface area contributed by atoms with Gasteiger partial charge in [0.15, 0.2) is 10.8 Å². The number of carbonyl (C=O) groups excluding carboxylic acids is 1. The van der Waals surface area contributed by atoms with Crippen molar-refractivity contribution in [1.29, 1.82) is 0 Å². The number of rotatable bonds is 4. The molecule has 13 heteroatoms. The van der Waals surface area contributed by atoms with Crippen LogP contribution in [0.15, 0.2) is 24.7 Å². The van der Waals surface area contributed by atoms with Crippen LogP contribution in [0.1, 0.15) is 24.4 Å². The van der Waals surface area contributed by atoms with Crippen LogP contribution in [0.25, 0.3) is 5.65 Å². The summed E-state index contributed by atoms with van der Waals surface area (Å²) in [5.41, 5.74) is -0.0846. The molecule has 3 heterocycles. The third-order valence-corrected chi connectivity index (χ3v) is 3.86. The molecular formula is C15H13ClF3N7O2. The topological polar surface area (TPSA) is 106 Å². The largest absolute Gasteiger partial charge is 0.433 e. The highest BCUT2D eigenvalue weighted by atomic mass is 35.5. The van der Waals surface area contributed by atoms with Gasteiger partial charge >= 0.3 is 12.2 Å². The number of hydrogen-bond acceptors (Lipinski definition) is 6. The minimum absolute atomic E-state index is 0.194. The van der Waals surface area contributed by atoms with E-state index in [4.69, 9.17) is 16.3 Å². The van der Waals surface area contributed by atoms with Gasteiger partial charge in [-0.3, -0.25) is 5.32 Å². The number of alkyl halides is 3. The van der Waals surface area contributed by atoms with Gasteiger partial charge in [0.25, 0.3) is 0 Å². The standard InChI is InChI=1S/C15H13ClF3N7O2/c1-7(28-2)13-8(5-20-12-4-10(16)25-26(12)13)23-14(27)24-11-3-9(15(17,18)19)21-6-22-11/h3-7H,1-2H3,(H2,21,22,23,24,27)/t7-/m0/s1. The van der Waals surface area contributed by atoms with Gasteiger partial charge in [-0.1, -0.05) is 11.6 Å². The molecule has 0 radical (unpaired) electrons. The number of anilines is 2. The molecular weight excluding hydrogens is 403 g/mol. The number of methoxy groups -OCH3 is 1. The molecule has 0 aliphatic carbocycles. The van der Waals surface area contributed by atoms with Crippen LogP contribution in [0.4, 0.5) is 29.5 Å². The number of amides is 2. The van der Waals surface area contributed by atoms with E-state index < -0.39 is 24.0 Å². The summed E-state index contributed by atoms with van der Waals surface area (Å²) in [7, 11) is 1.46. The summed E-state index contributed by atoms with van der Waals surface area (Å²) in [6, 6.07) is 1.31. The van der Waals surface area contributed by atoms with Gasteiger partial charge in [-0.25, -0.2) is 24.3 Å². The first-order valence-corrected chi connectivity index (χ1v) is 8.11. The summed E-state index contributed by atoms with van der Waals surface area (Å²) in [6.07, 6.45) is -3.10. The zero-order valence-corrected chi connectivity index (χ0v) is 15.2. The molecule has 2 N–H and O–H groups in total. The van der Waals surface area contributed by atoms with Gasteiger partial charge < -0.3 is 10.1 Å². The molecule has 0 aromatic carbocycles. The monoisotopic (exact) mass is 415 g/mol. The van der Waals surface area contributed by atoms with Gasteiger partial charge in [-0.2, -0.15) is 18.3 Å². The second-order valence-corrected chi connectivity index (χ2v) is 5.92. The first-order chi connectivity index (χ1) is 13.2. The Hall–Kier alpha value is -2.99. The number of urea groups is 1. The summed E-state index contributed by atoms with van der Waals surface area (Å²) in [6.45, 7) is 1.72. The van der Waals surface area contributed by atoms with Crippen molar-refractivity contribution in [2.24, 2.45) is 0 Å². The SMILES string of the molecule is CO[C@@H](C)c1c(NC(=O)Nc2cc(C(F)(F)F)ncn2)cnc2cc(Cl)nn12. The van der Waals surface area contributed by atoms with E-state index in [1.54, 1.807) is 6.92 Å². The van der Waals surface area contributed by atoms with E-state index in [0.29, 0.717) is 23.7 Å². The molecule has 28 heavy (non-hydrogen) atoms. The van der Waals surface area contributed by atoms with Crippen LogP contribution in [-0.2, 0) is 10.9 Å². The second-order valence-electron chi connectivity index (χ2n) is 5.54. The number of carbonyl (C=O) groups is 1. The zero-order chi connectivity index (χ0) is 20.5. The van der Waals surface area contributed by atoms with E-state index in [2.05, 4.69) is 30.7 Å². The van der Waals surface area contributed by atoms with Crippen molar-refractivity contribution in [3.63, 3.8) is 0 Å². The van der Waals surface area contributed by atoms with Gasteiger partial charge in [0.05, 0.1) is 23.7 Å². The number of aromatic nitrogens is 5. The maximum atomic E-state index is 12.7. The van der Waals surface area contributed by atoms with E-state index in [1.807, 2.05) is 0 Å². The molecule has 3 rings (SSSR count). The lowest BCUT2D eigenvalue weighted by atomic mass is 10.2. The molecule has 0 bridgehead atoms. The second kappa shape index (κ2) is 7.56. The zero-order valence-electron chi connectivity index (χ0n) is 14.5. The van der Waals surface area contributed by atoms with E-state index in [9.17, 15) is 18.0 Å². The fraction of sp³-hybridized carbons (Fsp3) is 0.267. The number of fused-ring (bicyclic) bond motifs is 1. The fourth-order valence-electron chi connectivity index (χ4n) is 2.37. The van der Waals surface area contributed by atoms with Crippen molar-refractivity contribution in [3.8, 4) is 0 Å². The number of halogens is 4. The first-order valence-electron chi connectivity index (χ1n) is 7.73. The maximum Gasteiger partial charge on any atom is 0.433 e. The van der Waals surface area contributed by atoms with Gasteiger partial charge in [-0.05, 0) is 6.92 Å². The Kier molecular flexibility index (Phi) is 5.34. The lowest BCUT2D eigenvalue weighted by Gasteiger charge is -2.17. The summed E-state index contributed by atoms with van der Waals surface area (Å²) in [5, 5.41) is 9.00. The highest BCUT2D eigenvalue weighted by Gasteiger charge is 2.33. The Morgan fingerprint density at radius 2 is 2.00 bits per heavy atom. The molecule has 148 valence electrons. The average molecular weight is 416 g/mol. The Morgan fingerprint density at radius 3 is 2.68 bits per heavy atom. The average Bonchev–Trinajstić information content (AvgIpc) is 3.00. The van der Waals surface area contributed by atoms with Crippen LogP contribution < -0.4 is 10.6 Å². The van der Waals surface area contributed by atoms with Gasteiger partial charge in [0.2, 0.25) is 0 Å². The van der Waals surface area contributed by atoms with E-state index >= 15 is 0 Å². The molecule has 2 amide bonds. The summed E-state index contributed by atoms with van der Waals surface area (Å²) in [4.78, 5) is 23.1. The number of nitrogens with zero attached hydrogens (tertiary/aromatic N) is 5. The van der Waals surface area contributed by atoms with Crippen molar-refractivity contribution in [2.75, 3.05) is 17.7 Å². The van der Waals surface area contributed by atoms with Crippen molar-refractivity contribution in [1.82, 2.24) is 24.6 Å². The lowest BCUT2D eigenvalue weighted by molar-refractivity contribution is -0.141. The molecule has 0 unspecified atom stereocenters. The van der Waals surface area contributed by atoms with Crippen molar-refractivity contribution in [3.05, 3.63) is 41.2 Å². The number of nitrogens with one attached hydrogen (secondary N) is 2. The predicted octanol–water partition coefficient (Wildman–Crippen LogP) is 3.54. The van der Waals surface area contributed by atoms with Crippen molar-refractivity contribution < 1.29 is 22.7 Å². The molecule has 9 nitrogen and oxygen atoms in total. The lowest BCUT2D eigenvalue weighted by Crippen LogP contribution is -2.23. The third kappa shape index (κ3) is 4.12. The molecule has 3 aromatic heterocycles. The molecule has 0 aliphatic rings. The van der Waals surface area contributed by atoms with E-state index in [1.165, 1.54) is 23.9 Å². The molecule has 0 spiro atoms. The van der Waals surface area contributed by atoms with E-state index in [-0.39, 0.29) is 16.7 Å². The molecule has 0 fully saturated rings. The third-order valence-electron chi connectivity index (χ3n) is 3.68. The van der Waals surface area contributed by atoms with Crippen LogP contribution in [0.2, 0.25) is 5.15 Å². The van der Waals surface area contributed by atoms with Crippen LogP contribution >= 0.6 is 11.6 Å². The van der Waals surface area contributed by atoms with Crippen LogP contribution in [0, 0.1) is 0 Å². The number of ether oxygens (including phenoxy) is 1. The summed E-state index contributed by atoms with van der Waals surface area (Å²) >= 11 is 5.90.